The molecule has 0 spiro atoms. The highest BCUT2D eigenvalue weighted by Crippen LogP contribution is 2.24. The molecule has 0 aliphatic heterocycles. The van der Waals surface area contributed by atoms with E-state index in [0.717, 1.165) is 13.0 Å². The number of nitrogens with two attached hydrogens (primary N) is 1. The van der Waals surface area contributed by atoms with Gasteiger partial charge in [0.2, 0.25) is 0 Å². The second-order valence-electron chi connectivity index (χ2n) is 6.26. The quantitative estimate of drug-likeness (QED) is 0.744. The maximum atomic E-state index is 11.1. The van der Waals surface area contributed by atoms with Gasteiger partial charge >= 0.3 is 0 Å². The zero-order valence-corrected chi connectivity index (χ0v) is 12.7. The molecule has 0 rings (SSSR count). The lowest BCUT2D eigenvalue weighted by Gasteiger charge is -2.28. The van der Waals surface area contributed by atoms with Crippen molar-refractivity contribution in [3.63, 3.8) is 0 Å². The minimum absolute atomic E-state index is 0.219. The molecule has 104 valence electrons. The minimum Gasteiger partial charge on any atom is -0.330 e. The zero-order valence-electron chi connectivity index (χ0n) is 11.9. The Morgan fingerprint density at radius 3 is 2.18 bits per heavy atom. The van der Waals surface area contributed by atoms with Crippen molar-refractivity contribution in [3.05, 3.63) is 0 Å². The number of nitrogens with zero attached hydrogens (tertiary/aromatic N) is 1. The number of hydrogen-bond donors (Lipinski definition) is 1. The summed E-state index contributed by atoms with van der Waals surface area (Å²) in [6.45, 7) is 8.70. The molecule has 0 fully saturated rings. The van der Waals surface area contributed by atoms with Gasteiger partial charge in [-0.1, -0.05) is 20.8 Å². The van der Waals surface area contributed by atoms with Gasteiger partial charge in [0.1, 0.15) is 9.84 Å². The molecule has 17 heavy (non-hydrogen) atoms. The Morgan fingerprint density at radius 1 is 1.29 bits per heavy atom. The third-order valence-corrected chi connectivity index (χ3v) is 3.57. The Bertz CT molecular complexity index is 307. The van der Waals surface area contributed by atoms with Crippen molar-refractivity contribution >= 4 is 9.84 Å². The van der Waals surface area contributed by atoms with E-state index in [9.17, 15) is 8.42 Å². The van der Waals surface area contributed by atoms with Crippen molar-refractivity contribution in [2.75, 3.05) is 38.7 Å². The summed E-state index contributed by atoms with van der Waals surface area (Å²) in [6, 6.07) is 0. The third kappa shape index (κ3) is 10.7. The highest BCUT2D eigenvalue weighted by Gasteiger charge is 2.19. The lowest BCUT2D eigenvalue weighted by atomic mass is 9.84. The van der Waals surface area contributed by atoms with Crippen molar-refractivity contribution in [2.24, 2.45) is 17.1 Å². The first-order valence-corrected chi connectivity index (χ1v) is 8.16. The molecule has 0 aliphatic rings. The highest BCUT2D eigenvalue weighted by atomic mass is 32.2. The fourth-order valence-electron chi connectivity index (χ4n) is 1.94. The molecule has 1 atom stereocenters. The average molecular weight is 264 g/mol. The molecule has 0 aromatic carbocycles. The Balaban J connectivity index is 4.11. The van der Waals surface area contributed by atoms with Crippen LogP contribution in [0, 0.1) is 11.3 Å². The molecule has 2 N–H and O–H groups in total. The van der Waals surface area contributed by atoms with Gasteiger partial charge < -0.3 is 10.6 Å². The largest absolute Gasteiger partial charge is 0.330 e. The van der Waals surface area contributed by atoms with Crippen LogP contribution in [-0.2, 0) is 9.84 Å². The molecule has 0 amide bonds. The zero-order chi connectivity index (χ0) is 13.7. The maximum absolute atomic E-state index is 11.1. The smallest absolute Gasteiger partial charge is 0.148 e. The van der Waals surface area contributed by atoms with Gasteiger partial charge in [-0.2, -0.15) is 0 Å². The van der Waals surface area contributed by atoms with E-state index in [2.05, 4.69) is 25.7 Å². The summed E-state index contributed by atoms with van der Waals surface area (Å²) in [5, 5.41) is 0. The van der Waals surface area contributed by atoms with E-state index in [4.69, 9.17) is 5.73 Å². The predicted molar refractivity (Wildman–Crippen MR) is 73.8 cm³/mol. The van der Waals surface area contributed by atoms with E-state index in [-0.39, 0.29) is 11.2 Å². The fraction of sp³-hybridized carbons (Fsp3) is 1.00. The first-order chi connectivity index (χ1) is 7.53. The van der Waals surface area contributed by atoms with Gasteiger partial charge in [0.25, 0.3) is 0 Å². The van der Waals surface area contributed by atoms with E-state index in [1.807, 2.05) is 7.05 Å². The molecule has 0 saturated heterocycles. The topological polar surface area (TPSA) is 63.4 Å². The highest BCUT2D eigenvalue weighted by molar-refractivity contribution is 7.90. The normalized spacial score (nSPS) is 15.2. The molecular weight excluding hydrogens is 236 g/mol. The van der Waals surface area contributed by atoms with Crippen LogP contribution in [0.1, 0.15) is 27.2 Å². The number of hydrogen-bond acceptors (Lipinski definition) is 4. The Labute approximate surface area is 106 Å². The lowest BCUT2D eigenvalue weighted by Crippen LogP contribution is -2.35. The van der Waals surface area contributed by atoms with Gasteiger partial charge in [-0.05, 0) is 31.3 Å². The maximum Gasteiger partial charge on any atom is 0.148 e. The summed E-state index contributed by atoms with van der Waals surface area (Å²) in [6.07, 6.45) is 2.34. The second-order valence-corrected chi connectivity index (χ2v) is 8.52. The molecule has 0 aromatic rings. The molecule has 0 saturated carbocycles. The van der Waals surface area contributed by atoms with Gasteiger partial charge in [-0.15, -0.1) is 0 Å². The van der Waals surface area contributed by atoms with Gasteiger partial charge in [0.05, 0.1) is 5.75 Å². The molecule has 0 heterocycles. The van der Waals surface area contributed by atoms with Crippen LogP contribution in [0.15, 0.2) is 0 Å². The molecule has 0 bridgehead atoms. The van der Waals surface area contributed by atoms with Crippen LogP contribution in [0.3, 0.4) is 0 Å². The van der Waals surface area contributed by atoms with Gasteiger partial charge in [-0.25, -0.2) is 8.42 Å². The Hall–Kier alpha value is -0.130. The van der Waals surface area contributed by atoms with Gasteiger partial charge in [0.15, 0.2) is 0 Å². The first-order valence-electron chi connectivity index (χ1n) is 6.10. The van der Waals surface area contributed by atoms with Crippen LogP contribution >= 0.6 is 0 Å². The first kappa shape index (κ1) is 16.9. The van der Waals surface area contributed by atoms with Crippen molar-refractivity contribution in [2.45, 2.75) is 27.2 Å². The van der Waals surface area contributed by atoms with Crippen molar-refractivity contribution in [3.8, 4) is 0 Å². The Morgan fingerprint density at radius 2 is 1.82 bits per heavy atom. The van der Waals surface area contributed by atoms with Crippen molar-refractivity contribution < 1.29 is 8.42 Å². The van der Waals surface area contributed by atoms with Gasteiger partial charge in [-0.3, -0.25) is 0 Å². The molecule has 0 aliphatic carbocycles. The number of rotatable bonds is 7. The van der Waals surface area contributed by atoms with E-state index in [0.29, 0.717) is 19.0 Å². The van der Waals surface area contributed by atoms with E-state index in [1.165, 1.54) is 6.26 Å². The molecule has 1 unspecified atom stereocenters. The van der Waals surface area contributed by atoms with E-state index in [1.54, 1.807) is 0 Å². The van der Waals surface area contributed by atoms with Crippen LogP contribution in [0.4, 0.5) is 0 Å². The summed E-state index contributed by atoms with van der Waals surface area (Å²) in [4.78, 5) is 2.06. The summed E-state index contributed by atoms with van der Waals surface area (Å²) >= 11 is 0. The van der Waals surface area contributed by atoms with Crippen LogP contribution < -0.4 is 5.73 Å². The summed E-state index contributed by atoms with van der Waals surface area (Å²) < 4.78 is 22.1. The summed E-state index contributed by atoms with van der Waals surface area (Å²) in [7, 11) is -0.915. The summed E-state index contributed by atoms with van der Waals surface area (Å²) in [5.74, 6) is 0.649. The fourth-order valence-corrected chi connectivity index (χ4v) is 2.59. The van der Waals surface area contributed by atoms with Crippen LogP contribution in [0.25, 0.3) is 0 Å². The van der Waals surface area contributed by atoms with Crippen molar-refractivity contribution in [1.29, 1.82) is 0 Å². The van der Waals surface area contributed by atoms with Gasteiger partial charge in [0, 0.05) is 19.3 Å². The molecular formula is C12H28N2O2S. The molecule has 0 radical (unpaired) electrons. The van der Waals surface area contributed by atoms with Crippen LogP contribution in [0.2, 0.25) is 0 Å². The monoisotopic (exact) mass is 264 g/mol. The van der Waals surface area contributed by atoms with E-state index >= 15 is 0 Å². The number of sulfone groups is 1. The predicted octanol–water partition coefficient (Wildman–Crippen LogP) is 0.974. The molecule has 5 heteroatoms. The van der Waals surface area contributed by atoms with E-state index < -0.39 is 9.84 Å². The minimum atomic E-state index is -2.87. The van der Waals surface area contributed by atoms with Crippen LogP contribution in [0.5, 0.6) is 0 Å². The summed E-state index contributed by atoms with van der Waals surface area (Å²) in [5.41, 5.74) is 6.03. The SMILES string of the molecule is CN(CCS(C)(=O)=O)CC(CN)CC(C)(C)C. The third-order valence-electron chi connectivity index (χ3n) is 2.65. The average Bonchev–Trinajstić information content (AvgIpc) is 2.10. The van der Waals surface area contributed by atoms with Crippen molar-refractivity contribution in [1.82, 2.24) is 4.90 Å². The van der Waals surface area contributed by atoms with Crippen LogP contribution in [-0.4, -0.2) is 52.0 Å². The molecule has 4 nitrogen and oxygen atoms in total. The lowest BCUT2D eigenvalue weighted by molar-refractivity contribution is 0.227. The molecule has 0 aromatic heterocycles. The standard InChI is InChI=1S/C12H28N2O2S/c1-12(2,3)8-11(9-13)10-14(4)6-7-17(5,15)16/h11H,6-10,13H2,1-5H3. The Kier molecular flexibility index (Phi) is 6.66. The second kappa shape index (κ2) is 6.71.